The third-order valence-corrected chi connectivity index (χ3v) is 5.45. The van der Waals surface area contributed by atoms with Gasteiger partial charge in [-0.25, -0.2) is 15.0 Å². The van der Waals surface area contributed by atoms with Gasteiger partial charge in [0.1, 0.15) is 6.10 Å². The Morgan fingerprint density at radius 1 is 1.14 bits per heavy atom. The van der Waals surface area contributed by atoms with Gasteiger partial charge in [0.2, 0.25) is 5.95 Å². The fraction of sp³-hybridized carbons (Fsp3) is 0.400. The highest BCUT2D eigenvalue weighted by Crippen LogP contribution is 2.24. The largest absolute Gasteiger partial charge is 0.369 e. The van der Waals surface area contributed by atoms with Crippen LogP contribution in [0.15, 0.2) is 30.6 Å². The zero-order chi connectivity index (χ0) is 19.5. The Balaban J connectivity index is 1.40. The summed E-state index contributed by atoms with van der Waals surface area (Å²) in [4.78, 5) is 21.5. The summed E-state index contributed by atoms with van der Waals surface area (Å²) < 4.78 is 5.97. The second-order valence-corrected chi connectivity index (χ2v) is 8.33. The van der Waals surface area contributed by atoms with Crippen LogP contribution in [-0.2, 0) is 11.3 Å². The molecule has 0 unspecified atom stereocenters. The number of aryl methyl sites for hydroxylation is 3. The highest BCUT2D eigenvalue weighted by atomic mass is 32.1. The van der Waals surface area contributed by atoms with Crippen molar-refractivity contribution in [1.82, 2.24) is 24.8 Å². The van der Waals surface area contributed by atoms with E-state index < -0.39 is 0 Å². The maximum atomic E-state index is 5.97. The van der Waals surface area contributed by atoms with E-state index in [2.05, 4.69) is 30.2 Å². The number of nitrogens with one attached hydrogen (secondary N) is 1. The highest BCUT2D eigenvalue weighted by Gasteiger charge is 2.23. The zero-order valence-electron chi connectivity index (χ0n) is 16.3. The van der Waals surface area contributed by atoms with Gasteiger partial charge in [0, 0.05) is 42.1 Å². The van der Waals surface area contributed by atoms with E-state index in [0.29, 0.717) is 12.6 Å². The molecule has 146 valence electrons. The van der Waals surface area contributed by atoms with Gasteiger partial charge in [-0.1, -0.05) is 0 Å². The lowest BCUT2D eigenvalue weighted by atomic mass is 10.2. The molecule has 8 heteroatoms. The number of rotatable bonds is 5. The second kappa shape index (κ2) is 8.30. The molecule has 1 aliphatic heterocycles. The summed E-state index contributed by atoms with van der Waals surface area (Å²) in [6.07, 6.45) is 3.76. The molecule has 1 aliphatic rings. The molecule has 1 N–H and O–H groups in total. The number of hydrogen-bond donors (Lipinski definition) is 1. The van der Waals surface area contributed by atoms with Crippen molar-refractivity contribution in [3.05, 3.63) is 57.6 Å². The van der Waals surface area contributed by atoms with Crippen molar-refractivity contribution in [2.45, 2.75) is 33.4 Å². The molecule has 7 nitrogen and oxygen atoms in total. The molecular weight excluding hydrogens is 372 g/mol. The molecule has 4 heterocycles. The number of aromatic nitrogens is 4. The van der Waals surface area contributed by atoms with Crippen LogP contribution in [0, 0.1) is 20.8 Å². The number of hydrogen-bond acceptors (Lipinski definition) is 8. The predicted molar refractivity (Wildman–Crippen MR) is 110 cm³/mol. The summed E-state index contributed by atoms with van der Waals surface area (Å²) in [5.74, 6) is 0.590. The van der Waals surface area contributed by atoms with Crippen molar-refractivity contribution in [1.29, 1.82) is 0 Å². The van der Waals surface area contributed by atoms with E-state index >= 15 is 0 Å². The van der Waals surface area contributed by atoms with Crippen molar-refractivity contribution >= 4 is 23.0 Å². The van der Waals surface area contributed by atoms with Crippen molar-refractivity contribution in [2.75, 3.05) is 25.0 Å². The standard InChI is InChI=1S/C20H24N6OS/c1-13-8-14(2)24-20(23-13)25-16-4-5-18(22-9-16)19-12-26(6-7-27-19)11-17-10-21-15(3)28-17/h4-5,8-10,19H,6-7,11-12H2,1-3H3,(H,23,24,25)/t19-/m0/s1. The average molecular weight is 397 g/mol. The molecule has 1 saturated heterocycles. The molecule has 0 bridgehead atoms. The van der Waals surface area contributed by atoms with Crippen molar-refractivity contribution in [3.63, 3.8) is 0 Å². The van der Waals surface area contributed by atoms with Crippen molar-refractivity contribution in [3.8, 4) is 0 Å². The Morgan fingerprint density at radius 2 is 1.96 bits per heavy atom. The van der Waals surface area contributed by atoms with Gasteiger partial charge in [-0.2, -0.15) is 0 Å². The predicted octanol–water partition coefficient (Wildman–Crippen LogP) is 3.57. The van der Waals surface area contributed by atoms with E-state index in [0.717, 1.165) is 47.4 Å². The van der Waals surface area contributed by atoms with Gasteiger partial charge < -0.3 is 10.1 Å². The molecule has 1 atom stereocenters. The highest BCUT2D eigenvalue weighted by molar-refractivity contribution is 7.11. The number of morpholine rings is 1. The molecule has 0 aromatic carbocycles. The number of pyridine rings is 1. The van der Waals surface area contributed by atoms with E-state index in [1.165, 1.54) is 4.88 Å². The van der Waals surface area contributed by atoms with Crippen LogP contribution in [0.5, 0.6) is 0 Å². The van der Waals surface area contributed by atoms with Crippen LogP contribution in [0.3, 0.4) is 0 Å². The zero-order valence-corrected chi connectivity index (χ0v) is 17.2. The Hall–Kier alpha value is -2.42. The summed E-state index contributed by atoms with van der Waals surface area (Å²) in [5.41, 5.74) is 3.68. The van der Waals surface area contributed by atoms with E-state index in [1.807, 2.05) is 51.4 Å². The minimum atomic E-state index is -0.0192. The first-order valence-electron chi connectivity index (χ1n) is 9.36. The molecule has 28 heavy (non-hydrogen) atoms. The third kappa shape index (κ3) is 4.70. The smallest absolute Gasteiger partial charge is 0.227 e. The number of nitrogens with zero attached hydrogens (tertiary/aromatic N) is 5. The minimum Gasteiger partial charge on any atom is -0.369 e. The summed E-state index contributed by atoms with van der Waals surface area (Å²) in [7, 11) is 0. The molecule has 3 aromatic rings. The Bertz CT molecular complexity index is 922. The summed E-state index contributed by atoms with van der Waals surface area (Å²) >= 11 is 1.75. The number of thiazole rings is 1. The molecule has 0 aliphatic carbocycles. The van der Waals surface area contributed by atoms with Crippen LogP contribution in [0.4, 0.5) is 11.6 Å². The van der Waals surface area contributed by atoms with E-state index in [-0.39, 0.29) is 6.10 Å². The lowest BCUT2D eigenvalue weighted by Gasteiger charge is -2.32. The Morgan fingerprint density at radius 3 is 2.64 bits per heavy atom. The van der Waals surface area contributed by atoms with Crippen LogP contribution in [0.25, 0.3) is 0 Å². The van der Waals surface area contributed by atoms with E-state index in [4.69, 9.17) is 4.74 Å². The van der Waals surface area contributed by atoms with Crippen LogP contribution in [0.1, 0.15) is 33.1 Å². The summed E-state index contributed by atoms with van der Waals surface area (Å²) in [5, 5.41) is 4.33. The molecule has 0 saturated carbocycles. The van der Waals surface area contributed by atoms with Gasteiger partial charge in [0.15, 0.2) is 0 Å². The van der Waals surface area contributed by atoms with Gasteiger partial charge in [-0.05, 0) is 39.0 Å². The lowest BCUT2D eigenvalue weighted by molar-refractivity contribution is -0.0346. The molecule has 4 rings (SSSR count). The van der Waals surface area contributed by atoms with Crippen molar-refractivity contribution in [2.24, 2.45) is 0 Å². The van der Waals surface area contributed by atoms with Gasteiger partial charge in [0.05, 0.1) is 29.2 Å². The van der Waals surface area contributed by atoms with Gasteiger partial charge in [-0.15, -0.1) is 11.3 Å². The summed E-state index contributed by atoms with van der Waals surface area (Å²) in [6.45, 7) is 9.34. The monoisotopic (exact) mass is 396 g/mol. The number of anilines is 2. The Kier molecular flexibility index (Phi) is 5.61. The lowest BCUT2D eigenvalue weighted by Crippen LogP contribution is -2.37. The minimum absolute atomic E-state index is 0.0192. The maximum Gasteiger partial charge on any atom is 0.227 e. The molecule has 0 spiro atoms. The van der Waals surface area contributed by atoms with Crippen molar-refractivity contribution < 1.29 is 4.74 Å². The third-order valence-electron chi connectivity index (χ3n) is 4.55. The molecule has 1 fully saturated rings. The van der Waals surface area contributed by atoms with Crippen LogP contribution >= 0.6 is 11.3 Å². The second-order valence-electron chi connectivity index (χ2n) is 7.01. The first-order valence-corrected chi connectivity index (χ1v) is 10.2. The fourth-order valence-corrected chi connectivity index (χ4v) is 4.14. The summed E-state index contributed by atoms with van der Waals surface area (Å²) in [6, 6.07) is 5.96. The maximum absolute atomic E-state index is 5.97. The normalized spacial score (nSPS) is 17.6. The quantitative estimate of drug-likeness (QED) is 0.706. The molecule has 3 aromatic heterocycles. The SMILES string of the molecule is Cc1cc(C)nc(Nc2ccc([C@@H]3CN(Cc4cnc(C)s4)CCO3)nc2)n1. The molecule has 0 radical (unpaired) electrons. The van der Waals surface area contributed by atoms with Gasteiger partial charge in [0.25, 0.3) is 0 Å². The van der Waals surface area contributed by atoms with Crippen LogP contribution in [0.2, 0.25) is 0 Å². The van der Waals surface area contributed by atoms with Gasteiger partial charge in [-0.3, -0.25) is 9.88 Å². The van der Waals surface area contributed by atoms with E-state index in [9.17, 15) is 0 Å². The first kappa shape index (κ1) is 18.9. The Labute approximate surface area is 168 Å². The van der Waals surface area contributed by atoms with Crippen LogP contribution < -0.4 is 5.32 Å². The average Bonchev–Trinajstić information content (AvgIpc) is 3.06. The topological polar surface area (TPSA) is 76.1 Å². The fourth-order valence-electron chi connectivity index (χ4n) is 3.30. The number of ether oxygens (including phenoxy) is 1. The van der Waals surface area contributed by atoms with E-state index in [1.54, 1.807) is 11.3 Å². The molecule has 0 amide bonds. The van der Waals surface area contributed by atoms with Crippen LogP contribution in [-0.4, -0.2) is 44.5 Å². The first-order chi connectivity index (χ1) is 13.5. The van der Waals surface area contributed by atoms with Gasteiger partial charge >= 0.3 is 0 Å². The molecular formula is C20H24N6OS.